The van der Waals surface area contributed by atoms with Crippen LogP contribution >= 0.6 is 0 Å². The van der Waals surface area contributed by atoms with Crippen molar-refractivity contribution in [3.63, 3.8) is 0 Å². The Morgan fingerprint density at radius 2 is 2.23 bits per heavy atom. The lowest BCUT2D eigenvalue weighted by molar-refractivity contribution is -0.129. The zero-order chi connectivity index (χ0) is 10.5. The van der Waals surface area contributed by atoms with Crippen LogP contribution in [0.25, 0.3) is 0 Å². The van der Waals surface area contributed by atoms with Crippen molar-refractivity contribution in [1.29, 1.82) is 5.26 Å². The van der Waals surface area contributed by atoms with Crippen LogP contribution in [-0.4, -0.2) is 11.9 Å². The van der Waals surface area contributed by atoms with Crippen LogP contribution < -0.4 is 5.32 Å². The van der Waals surface area contributed by atoms with Gasteiger partial charge in [0.2, 0.25) is 5.91 Å². The number of terminal acetylenes is 1. The van der Waals surface area contributed by atoms with Crippen LogP contribution in [0.15, 0.2) is 0 Å². The fourth-order valence-electron chi connectivity index (χ4n) is 0.760. The van der Waals surface area contributed by atoms with E-state index in [2.05, 4.69) is 11.2 Å². The van der Waals surface area contributed by atoms with Crippen molar-refractivity contribution in [2.75, 3.05) is 0 Å². The maximum atomic E-state index is 11.5. The highest BCUT2D eigenvalue weighted by Gasteiger charge is 2.27. The SMILES string of the molecule is C#CCC(C)(C)C(=O)N[C@@H](C)C#N. The summed E-state index contributed by atoms with van der Waals surface area (Å²) >= 11 is 0. The molecule has 70 valence electrons. The second-order valence-electron chi connectivity index (χ2n) is 3.59. The highest BCUT2D eigenvalue weighted by Crippen LogP contribution is 2.19. The summed E-state index contributed by atoms with van der Waals surface area (Å²) in [5.41, 5.74) is -0.597. The molecule has 0 radical (unpaired) electrons. The van der Waals surface area contributed by atoms with E-state index >= 15 is 0 Å². The van der Waals surface area contributed by atoms with Crippen molar-refractivity contribution in [2.45, 2.75) is 33.2 Å². The number of nitrogens with one attached hydrogen (secondary N) is 1. The van der Waals surface area contributed by atoms with E-state index in [-0.39, 0.29) is 5.91 Å². The summed E-state index contributed by atoms with van der Waals surface area (Å²) in [6.45, 7) is 5.14. The first-order valence-electron chi connectivity index (χ1n) is 4.08. The molecule has 1 atom stereocenters. The summed E-state index contributed by atoms with van der Waals surface area (Å²) in [4.78, 5) is 11.5. The number of carbonyl (C=O) groups is 1. The fraction of sp³-hybridized carbons (Fsp3) is 0.600. The van der Waals surface area contributed by atoms with E-state index in [4.69, 9.17) is 11.7 Å². The number of carbonyl (C=O) groups excluding carboxylic acids is 1. The van der Waals surface area contributed by atoms with E-state index < -0.39 is 11.5 Å². The van der Waals surface area contributed by atoms with Gasteiger partial charge >= 0.3 is 0 Å². The summed E-state index contributed by atoms with van der Waals surface area (Å²) in [7, 11) is 0. The van der Waals surface area contributed by atoms with Crippen LogP contribution in [-0.2, 0) is 4.79 Å². The molecule has 0 fully saturated rings. The van der Waals surface area contributed by atoms with E-state index in [1.165, 1.54) is 0 Å². The van der Waals surface area contributed by atoms with Gasteiger partial charge in [0.15, 0.2) is 0 Å². The molecular weight excluding hydrogens is 164 g/mol. The highest BCUT2D eigenvalue weighted by atomic mass is 16.2. The summed E-state index contributed by atoms with van der Waals surface area (Å²) < 4.78 is 0. The molecular formula is C10H14N2O. The van der Waals surface area contributed by atoms with E-state index in [9.17, 15) is 4.79 Å². The zero-order valence-corrected chi connectivity index (χ0v) is 8.22. The van der Waals surface area contributed by atoms with Crippen LogP contribution in [0, 0.1) is 29.1 Å². The van der Waals surface area contributed by atoms with Gasteiger partial charge in [0.05, 0.1) is 11.5 Å². The normalized spacial score (nSPS) is 12.4. The topological polar surface area (TPSA) is 52.9 Å². The van der Waals surface area contributed by atoms with Gasteiger partial charge in [-0.15, -0.1) is 12.3 Å². The van der Waals surface area contributed by atoms with E-state index in [0.717, 1.165) is 0 Å². The van der Waals surface area contributed by atoms with Crippen LogP contribution in [0.2, 0.25) is 0 Å². The van der Waals surface area contributed by atoms with Crippen molar-refractivity contribution in [3.8, 4) is 18.4 Å². The minimum atomic E-state index is -0.597. The molecule has 0 aromatic rings. The van der Waals surface area contributed by atoms with E-state index in [0.29, 0.717) is 6.42 Å². The number of rotatable bonds is 3. The van der Waals surface area contributed by atoms with Gasteiger partial charge < -0.3 is 5.32 Å². The van der Waals surface area contributed by atoms with Crippen LogP contribution in [0.1, 0.15) is 27.2 Å². The predicted molar refractivity (Wildman–Crippen MR) is 50.4 cm³/mol. The summed E-state index contributed by atoms with van der Waals surface area (Å²) in [5, 5.41) is 11.0. The Morgan fingerprint density at radius 3 is 2.62 bits per heavy atom. The van der Waals surface area contributed by atoms with Crippen molar-refractivity contribution < 1.29 is 4.79 Å². The fourth-order valence-corrected chi connectivity index (χ4v) is 0.760. The van der Waals surface area contributed by atoms with Crippen molar-refractivity contribution in [2.24, 2.45) is 5.41 Å². The van der Waals surface area contributed by atoms with Crippen molar-refractivity contribution >= 4 is 5.91 Å². The monoisotopic (exact) mass is 178 g/mol. The minimum absolute atomic E-state index is 0.181. The molecule has 0 rings (SSSR count). The number of nitrogens with zero attached hydrogens (tertiary/aromatic N) is 1. The van der Waals surface area contributed by atoms with Gasteiger partial charge in [-0.2, -0.15) is 5.26 Å². The Morgan fingerprint density at radius 1 is 1.69 bits per heavy atom. The number of amides is 1. The molecule has 0 saturated heterocycles. The van der Waals surface area contributed by atoms with E-state index in [1.54, 1.807) is 20.8 Å². The first-order chi connectivity index (χ1) is 5.94. The molecule has 3 heteroatoms. The van der Waals surface area contributed by atoms with Crippen LogP contribution in [0.4, 0.5) is 0 Å². The number of hydrogen-bond acceptors (Lipinski definition) is 2. The van der Waals surface area contributed by atoms with Gasteiger partial charge in [-0.25, -0.2) is 0 Å². The molecule has 0 saturated carbocycles. The summed E-state index contributed by atoms with van der Waals surface area (Å²) in [6, 6.07) is 1.46. The average molecular weight is 178 g/mol. The highest BCUT2D eigenvalue weighted by molar-refractivity contribution is 5.82. The quantitative estimate of drug-likeness (QED) is 0.657. The molecule has 13 heavy (non-hydrogen) atoms. The minimum Gasteiger partial charge on any atom is -0.340 e. The standard InChI is InChI=1S/C10H14N2O/c1-5-6-10(3,4)9(13)12-8(2)7-11/h1,8H,6H2,2-4H3,(H,12,13)/t8-/m0/s1. The third-order valence-corrected chi connectivity index (χ3v) is 1.70. The summed E-state index contributed by atoms with van der Waals surface area (Å²) in [6.07, 6.45) is 5.49. The molecule has 0 aromatic carbocycles. The van der Waals surface area contributed by atoms with Crippen molar-refractivity contribution in [3.05, 3.63) is 0 Å². The third-order valence-electron chi connectivity index (χ3n) is 1.70. The largest absolute Gasteiger partial charge is 0.340 e. The molecule has 1 N–H and O–H groups in total. The summed E-state index contributed by atoms with van der Waals surface area (Å²) in [5.74, 6) is 2.26. The number of nitriles is 1. The maximum absolute atomic E-state index is 11.5. The molecule has 0 spiro atoms. The lowest BCUT2D eigenvalue weighted by Crippen LogP contribution is -2.41. The Labute approximate surface area is 79.1 Å². The molecule has 0 unspecified atom stereocenters. The van der Waals surface area contributed by atoms with Gasteiger partial charge in [0.25, 0.3) is 0 Å². The molecule has 0 bridgehead atoms. The van der Waals surface area contributed by atoms with Crippen LogP contribution in [0.3, 0.4) is 0 Å². The Balaban J connectivity index is 4.28. The second-order valence-corrected chi connectivity index (χ2v) is 3.59. The number of hydrogen-bond donors (Lipinski definition) is 1. The molecule has 0 heterocycles. The Hall–Kier alpha value is -1.48. The zero-order valence-electron chi connectivity index (χ0n) is 8.22. The third kappa shape index (κ3) is 3.62. The second kappa shape index (κ2) is 4.52. The Kier molecular flexibility index (Phi) is 4.01. The molecule has 3 nitrogen and oxygen atoms in total. The molecule has 0 aliphatic carbocycles. The first-order valence-corrected chi connectivity index (χ1v) is 4.08. The molecule has 0 aromatic heterocycles. The maximum Gasteiger partial charge on any atom is 0.227 e. The molecule has 0 aliphatic heterocycles. The Bertz CT molecular complexity index is 268. The first kappa shape index (κ1) is 11.5. The van der Waals surface area contributed by atoms with Gasteiger partial charge in [0, 0.05) is 6.42 Å². The van der Waals surface area contributed by atoms with E-state index in [1.807, 2.05) is 6.07 Å². The predicted octanol–water partition coefficient (Wildman–Crippen LogP) is 1.06. The lowest BCUT2D eigenvalue weighted by Gasteiger charge is -2.21. The van der Waals surface area contributed by atoms with Crippen LogP contribution in [0.5, 0.6) is 0 Å². The van der Waals surface area contributed by atoms with Crippen molar-refractivity contribution in [1.82, 2.24) is 5.32 Å². The lowest BCUT2D eigenvalue weighted by atomic mass is 9.88. The van der Waals surface area contributed by atoms with Gasteiger partial charge in [-0.3, -0.25) is 4.79 Å². The molecule has 1 amide bonds. The molecule has 0 aliphatic rings. The average Bonchev–Trinajstić information content (AvgIpc) is 2.04. The smallest absolute Gasteiger partial charge is 0.227 e. The van der Waals surface area contributed by atoms with Gasteiger partial charge in [-0.05, 0) is 6.92 Å². The van der Waals surface area contributed by atoms with Gasteiger partial charge in [0.1, 0.15) is 6.04 Å². The van der Waals surface area contributed by atoms with Gasteiger partial charge in [-0.1, -0.05) is 13.8 Å².